The van der Waals surface area contributed by atoms with Gasteiger partial charge < -0.3 is 10.1 Å². The summed E-state index contributed by atoms with van der Waals surface area (Å²) in [4.78, 5) is 2.35. The second-order valence-corrected chi connectivity index (χ2v) is 5.37. The van der Waals surface area contributed by atoms with Gasteiger partial charge >= 0.3 is 0 Å². The molecule has 0 atom stereocenters. The lowest BCUT2D eigenvalue weighted by molar-refractivity contribution is 0.293. The van der Waals surface area contributed by atoms with Crippen molar-refractivity contribution in [2.24, 2.45) is 0 Å². The average molecular weight is 265 g/mol. The van der Waals surface area contributed by atoms with E-state index in [9.17, 15) is 4.39 Å². The van der Waals surface area contributed by atoms with Crippen LogP contribution in [0, 0.1) is 12.7 Å². The molecule has 0 aliphatic heterocycles. The molecule has 4 heteroatoms. The fourth-order valence-corrected chi connectivity index (χ4v) is 2.58. The molecular formula is C14H16FNOS. The molecule has 0 aliphatic carbocycles. The number of hydrogen-bond donors (Lipinski definition) is 1. The second-order valence-electron chi connectivity index (χ2n) is 4.12. The van der Waals surface area contributed by atoms with Crippen LogP contribution in [0.2, 0.25) is 0 Å². The van der Waals surface area contributed by atoms with E-state index < -0.39 is 0 Å². The normalized spacial score (nSPS) is 10.6. The smallest absolute Gasteiger partial charge is 0.165 e. The maximum Gasteiger partial charge on any atom is 0.165 e. The number of halogens is 1. The molecule has 1 N–H and O–H groups in total. The molecule has 1 heterocycles. The predicted octanol–water partition coefficient (Wildman–Crippen LogP) is 3.49. The van der Waals surface area contributed by atoms with Gasteiger partial charge in [-0.1, -0.05) is 6.07 Å². The highest BCUT2D eigenvalue weighted by atomic mass is 32.1. The van der Waals surface area contributed by atoms with Crippen molar-refractivity contribution in [1.29, 1.82) is 0 Å². The maximum atomic E-state index is 13.5. The van der Waals surface area contributed by atoms with Gasteiger partial charge in [0, 0.05) is 16.3 Å². The standard InChI is InChI=1S/C14H16FNOS/c1-10-3-6-13(15)14(7-10)17-9-12-5-4-11(18-12)8-16-2/h3-7,16H,8-9H2,1-2H3. The largest absolute Gasteiger partial charge is 0.485 e. The quantitative estimate of drug-likeness (QED) is 0.893. The monoisotopic (exact) mass is 265 g/mol. The number of aryl methyl sites for hydroxylation is 1. The Labute approximate surface area is 110 Å². The Bertz CT molecular complexity index is 524. The number of ether oxygens (including phenoxy) is 1. The van der Waals surface area contributed by atoms with E-state index in [1.165, 1.54) is 10.9 Å². The Morgan fingerprint density at radius 1 is 1.22 bits per heavy atom. The van der Waals surface area contributed by atoms with Gasteiger partial charge in [0.1, 0.15) is 6.61 Å². The molecule has 0 saturated heterocycles. The summed E-state index contributed by atoms with van der Waals surface area (Å²) in [5.41, 5.74) is 0.994. The average Bonchev–Trinajstić information content (AvgIpc) is 2.79. The zero-order valence-corrected chi connectivity index (χ0v) is 11.3. The van der Waals surface area contributed by atoms with E-state index in [0.717, 1.165) is 17.0 Å². The fourth-order valence-electron chi connectivity index (χ4n) is 1.64. The summed E-state index contributed by atoms with van der Waals surface area (Å²) < 4.78 is 19.0. The number of rotatable bonds is 5. The van der Waals surface area contributed by atoms with Gasteiger partial charge in [0.25, 0.3) is 0 Å². The zero-order valence-electron chi connectivity index (χ0n) is 10.5. The Hall–Kier alpha value is -1.39. The molecule has 2 aromatic rings. The third-order valence-corrected chi connectivity index (χ3v) is 3.58. The van der Waals surface area contributed by atoms with Gasteiger partial charge in [0.15, 0.2) is 11.6 Å². The van der Waals surface area contributed by atoms with E-state index in [2.05, 4.69) is 11.4 Å². The minimum Gasteiger partial charge on any atom is -0.485 e. The van der Waals surface area contributed by atoms with Gasteiger partial charge in [-0.05, 0) is 43.8 Å². The van der Waals surface area contributed by atoms with Crippen molar-refractivity contribution in [3.05, 3.63) is 51.5 Å². The van der Waals surface area contributed by atoms with Crippen LogP contribution >= 0.6 is 11.3 Å². The summed E-state index contributed by atoms with van der Waals surface area (Å²) in [6, 6.07) is 8.97. The molecule has 2 nitrogen and oxygen atoms in total. The van der Waals surface area contributed by atoms with Crippen molar-refractivity contribution in [2.75, 3.05) is 7.05 Å². The molecule has 0 aliphatic rings. The molecule has 0 saturated carbocycles. The summed E-state index contributed by atoms with van der Waals surface area (Å²) in [5.74, 6) is 0.00571. The van der Waals surface area contributed by atoms with E-state index in [1.807, 2.05) is 20.0 Å². The Morgan fingerprint density at radius 2 is 2.00 bits per heavy atom. The van der Waals surface area contributed by atoms with Gasteiger partial charge in [-0.15, -0.1) is 11.3 Å². The molecule has 0 spiro atoms. The third-order valence-electron chi connectivity index (χ3n) is 2.52. The summed E-state index contributed by atoms with van der Waals surface area (Å²) in [6.07, 6.45) is 0. The summed E-state index contributed by atoms with van der Waals surface area (Å²) in [6.45, 7) is 3.18. The molecule has 18 heavy (non-hydrogen) atoms. The lowest BCUT2D eigenvalue weighted by Crippen LogP contribution is -2.02. The lowest BCUT2D eigenvalue weighted by atomic mass is 10.2. The van der Waals surface area contributed by atoms with Crippen LogP contribution in [0.25, 0.3) is 0 Å². The number of nitrogens with one attached hydrogen (secondary N) is 1. The summed E-state index contributed by atoms with van der Waals surface area (Å²) in [7, 11) is 1.91. The lowest BCUT2D eigenvalue weighted by Gasteiger charge is -2.06. The first-order valence-corrected chi connectivity index (χ1v) is 6.62. The van der Waals surface area contributed by atoms with E-state index in [1.54, 1.807) is 23.5 Å². The molecule has 96 valence electrons. The topological polar surface area (TPSA) is 21.3 Å². The van der Waals surface area contributed by atoms with Gasteiger partial charge in [-0.3, -0.25) is 0 Å². The van der Waals surface area contributed by atoms with E-state index in [0.29, 0.717) is 12.4 Å². The number of thiophene rings is 1. The van der Waals surface area contributed by atoms with E-state index in [-0.39, 0.29) is 5.82 Å². The van der Waals surface area contributed by atoms with Crippen molar-refractivity contribution < 1.29 is 9.13 Å². The van der Waals surface area contributed by atoms with Gasteiger partial charge in [-0.25, -0.2) is 4.39 Å². The van der Waals surface area contributed by atoms with Crippen LogP contribution in [0.5, 0.6) is 5.75 Å². The molecule has 0 bridgehead atoms. The summed E-state index contributed by atoms with van der Waals surface area (Å²) >= 11 is 1.68. The van der Waals surface area contributed by atoms with Crippen molar-refractivity contribution in [2.45, 2.75) is 20.1 Å². The summed E-state index contributed by atoms with van der Waals surface area (Å²) in [5, 5.41) is 3.10. The second kappa shape index (κ2) is 5.98. The molecule has 2 rings (SSSR count). The van der Waals surface area contributed by atoms with Crippen LogP contribution in [0.3, 0.4) is 0 Å². The van der Waals surface area contributed by atoms with Crippen LogP contribution in [-0.4, -0.2) is 7.05 Å². The first kappa shape index (κ1) is 13.1. The molecule has 1 aromatic carbocycles. The van der Waals surface area contributed by atoms with E-state index in [4.69, 9.17) is 4.74 Å². The zero-order chi connectivity index (χ0) is 13.0. The molecule has 1 aromatic heterocycles. The van der Waals surface area contributed by atoms with Gasteiger partial charge in [0.05, 0.1) is 0 Å². The molecule has 0 unspecified atom stereocenters. The highest BCUT2D eigenvalue weighted by Gasteiger charge is 2.05. The highest BCUT2D eigenvalue weighted by molar-refractivity contribution is 7.11. The van der Waals surface area contributed by atoms with Crippen molar-refractivity contribution >= 4 is 11.3 Å². The van der Waals surface area contributed by atoms with Gasteiger partial charge in [-0.2, -0.15) is 0 Å². The third kappa shape index (κ3) is 3.31. The minimum atomic E-state index is -0.312. The van der Waals surface area contributed by atoms with Crippen LogP contribution < -0.4 is 10.1 Å². The number of hydrogen-bond acceptors (Lipinski definition) is 3. The first-order valence-electron chi connectivity index (χ1n) is 5.80. The molecule has 0 amide bonds. The van der Waals surface area contributed by atoms with Crippen molar-refractivity contribution in [1.82, 2.24) is 5.32 Å². The molecular weight excluding hydrogens is 249 g/mol. The van der Waals surface area contributed by atoms with Gasteiger partial charge in [0.2, 0.25) is 0 Å². The highest BCUT2D eigenvalue weighted by Crippen LogP contribution is 2.22. The Morgan fingerprint density at radius 3 is 2.78 bits per heavy atom. The number of benzene rings is 1. The van der Waals surface area contributed by atoms with Crippen molar-refractivity contribution in [3.8, 4) is 5.75 Å². The first-order chi connectivity index (χ1) is 8.69. The maximum absolute atomic E-state index is 13.5. The Kier molecular flexibility index (Phi) is 4.33. The molecule has 0 radical (unpaired) electrons. The van der Waals surface area contributed by atoms with Crippen LogP contribution in [0.1, 0.15) is 15.3 Å². The Balaban J connectivity index is 1.99. The fraction of sp³-hybridized carbons (Fsp3) is 0.286. The van der Waals surface area contributed by atoms with Crippen LogP contribution in [-0.2, 0) is 13.2 Å². The predicted molar refractivity (Wildman–Crippen MR) is 72.6 cm³/mol. The van der Waals surface area contributed by atoms with Crippen LogP contribution in [0.4, 0.5) is 4.39 Å². The van der Waals surface area contributed by atoms with Crippen LogP contribution in [0.15, 0.2) is 30.3 Å². The SMILES string of the molecule is CNCc1ccc(COc2cc(C)ccc2F)s1. The van der Waals surface area contributed by atoms with Crippen molar-refractivity contribution in [3.63, 3.8) is 0 Å². The molecule has 0 fully saturated rings. The minimum absolute atomic E-state index is 0.312. The van der Waals surface area contributed by atoms with E-state index >= 15 is 0 Å².